The molecular weight excluding hydrogens is 447 g/mol. The molecule has 0 aliphatic carbocycles. The first-order valence-electron chi connectivity index (χ1n) is 7.70. The lowest BCUT2D eigenvalue weighted by molar-refractivity contribution is -0.363. The summed E-state index contributed by atoms with van der Waals surface area (Å²) in [4.78, 5) is 27.3. The lowest BCUT2D eigenvalue weighted by Crippen LogP contribution is -2.69. The molecular formula is C17H16BrF3N3O4+. The molecule has 1 aromatic heterocycles. The van der Waals surface area contributed by atoms with Crippen LogP contribution in [-0.2, 0) is 9.53 Å². The lowest BCUT2D eigenvalue weighted by Gasteiger charge is -2.30. The van der Waals surface area contributed by atoms with Crippen molar-refractivity contribution < 1.29 is 37.2 Å². The van der Waals surface area contributed by atoms with E-state index in [0.717, 1.165) is 7.11 Å². The van der Waals surface area contributed by atoms with Gasteiger partial charge in [0.25, 0.3) is 11.7 Å². The van der Waals surface area contributed by atoms with Gasteiger partial charge in [-0.3, -0.25) is 10.1 Å². The number of benzene rings is 1. The molecule has 11 heteroatoms. The number of H-pyrrole nitrogens is 1. The molecule has 3 N–H and O–H groups in total. The molecule has 0 saturated carbocycles. The number of carbonyl (C=O) groups is 2. The Labute approximate surface area is 166 Å². The van der Waals surface area contributed by atoms with Crippen LogP contribution < -0.4 is 20.4 Å². The second-order valence-corrected chi connectivity index (χ2v) is 6.35. The first kappa shape index (κ1) is 21.5. The molecule has 1 aromatic carbocycles. The van der Waals surface area contributed by atoms with Gasteiger partial charge in [-0.2, -0.15) is 13.2 Å². The number of nitrogens with one attached hydrogen (secondary N) is 3. The number of carbonyl (C=O) groups excluding carboxylic acids is 2. The van der Waals surface area contributed by atoms with E-state index >= 15 is 0 Å². The number of hydrogen-bond acceptors (Lipinski definition) is 5. The van der Waals surface area contributed by atoms with Gasteiger partial charge >= 0.3 is 17.8 Å². The Morgan fingerprint density at radius 2 is 1.79 bits per heavy atom. The molecule has 0 unspecified atom stereocenters. The van der Waals surface area contributed by atoms with Crippen molar-refractivity contribution in [2.75, 3.05) is 19.5 Å². The van der Waals surface area contributed by atoms with Crippen LogP contribution in [0, 0.1) is 0 Å². The van der Waals surface area contributed by atoms with Crippen LogP contribution in [0.4, 0.5) is 19.0 Å². The zero-order chi connectivity index (χ0) is 20.9. The van der Waals surface area contributed by atoms with Gasteiger partial charge in [0, 0.05) is 6.07 Å². The summed E-state index contributed by atoms with van der Waals surface area (Å²) in [6.07, 6.45) is -3.90. The maximum atomic E-state index is 14.0. The number of ether oxygens (including phenoxy) is 2. The van der Waals surface area contributed by atoms with Gasteiger partial charge in [0.15, 0.2) is 0 Å². The minimum Gasteiger partial charge on any atom is -0.496 e. The normalized spacial score (nSPS) is 13.2. The zero-order valence-corrected chi connectivity index (χ0v) is 16.3. The molecule has 1 amide bonds. The number of aromatic amines is 1. The average Bonchev–Trinajstić information content (AvgIpc) is 2.67. The summed E-state index contributed by atoms with van der Waals surface area (Å²) in [6, 6.07) is 8.35. The van der Waals surface area contributed by atoms with Gasteiger partial charge < -0.3 is 9.47 Å². The number of halogens is 4. The van der Waals surface area contributed by atoms with Gasteiger partial charge in [0.2, 0.25) is 0 Å². The second kappa shape index (κ2) is 8.46. The van der Waals surface area contributed by atoms with E-state index in [0.29, 0.717) is 4.47 Å². The Morgan fingerprint density at radius 3 is 2.32 bits per heavy atom. The predicted molar refractivity (Wildman–Crippen MR) is 95.6 cm³/mol. The van der Waals surface area contributed by atoms with Gasteiger partial charge in [-0.25, -0.2) is 15.1 Å². The minimum absolute atomic E-state index is 0.0381. The van der Waals surface area contributed by atoms with Gasteiger partial charge in [0.1, 0.15) is 11.9 Å². The number of methoxy groups -OCH3 is 2. The molecule has 2 aromatic rings. The van der Waals surface area contributed by atoms with Crippen LogP contribution in [0.3, 0.4) is 0 Å². The molecule has 0 fully saturated rings. The largest absolute Gasteiger partial charge is 0.496 e. The zero-order valence-electron chi connectivity index (χ0n) is 14.7. The van der Waals surface area contributed by atoms with Gasteiger partial charge in [-0.1, -0.05) is 12.1 Å². The fraction of sp³-hybridized carbons (Fsp3) is 0.235. The third-order valence-electron chi connectivity index (χ3n) is 3.67. The highest BCUT2D eigenvalue weighted by molar-refractivity contribution is 9.10. The SMILES string of the molecule is COC(=O)[C@@](NC(=O)c1ccccc1OC)(Nc1ccc(Br)c[nH+]1)C(F)(F)F. The highest BCUT2D eigenvalue weighted by Gasteiger charge is 2.67. The van der Waals surface area contributed by atoms with Crippen LogP contribution in [0.2, 0.25) is 0 Å². The number of pyridine rings is 1. The number of rotatable bonds is 6. The van der Waals surface area contributed by atoms with Crippen molar-refractivity contribution in [3.8, 4) is 5.75 Å². The molecule has 7 nitrogen and oxygen atoms in total. The second-order valence-electron chi connectivity index (χ2n) is 5.44. The van der Waals surface area contributed by atoms with E-state index in [1.54, 1.807) is 11.4 Å². The summed E-state index contributed by atoms with van der Waals surface area (Å²) in [5.74, 6) is -3.09. The molecule has 0 bridgehead atoms. The Morgan fingerprint density at radius 1 is 1.11 bits per heavy atom. The van der Waals surface area contributed by atoms with Crippen molar-refractivity contribution in [2.45, 2.75) is 11.8 Å². The van der Waals surface area contributed by atoms with Crippen LogP contribution in [0.1, 0.15) is 10.4 Å². The van der Waals surface area contributed by atoms with Crippen LogP contribution >= 0.6 is 15.9 Å². The highest BCUT2D eigenvalue weighted by atomic mass is 79.9. The number of anilines is 1. The summed E-state index contributed by atoms with van der Waals surface area (Å²) in [5.41, 5.74) is -3.74. The number of para-hydroxylation sites is 1. The predicted octanol–water partition coefficient (Wildman–Crippen LogP) is 2.55. The van der Waals surface area contributed by atoms with Crippen molar-refractivity contribution in [3.63, 3.8) is 0 Å². The van der Waals surface area contributed by atoms with Gasteiger partial charge in [-0.15, -0.1) is 0 Å². The molecule has 0 radical (unpaired) electrons. The molecule has 0 aliphatic heterocycles. The molecule has 0 saturated heterocycles. The van der Waals surface area contributed by atoms with Gasteiger partial charge in [0.05, 0.1) is 24.3 Å². The third-order valence-corrected chi connectivity index (χ3v) is 4.16. The number of amides is 1. The summed E-state index contributed by atoms with van der Waals surface area (Å²) in [7, 11) is 2.05. The number of esters is 1. The van der Waals surface area contributed by atoms with Crippen molar-refractivity contribution >= 4 is 33.6 Å². The van der Waals surface area contributed by atoms with E-state index in [4.69, 9.17) is 4.74 Å². The fourth-order valence-electron chi connectivity index (χ4n) is 2.30. The first-order chi connectivity index (χ1) is 13.1. The Bertz CT molecular complexity index is 861. The molecule has 1 atom stereocenters. The maximum absolute atomic E-state index is 14.0. The quantitative estimate of drug-likeness (QED) is 0.508. The molecule has 0 spiro atoms. The van der Waals surface area contributed by atoms with Crippen LogP contribution in [0.25, 0.3) is 0 Å². The summed E-state index contributed by atoms with van der Waals surface area (Å²) >= 11 is 3.14. The van der Waals surface area contributed by atoms with Crippen LogP contribution in [0.5, 0.6) is 5.75 Å². The summed E-state index contributed by atoms with van der Waals surface area (Å²) in [6.45, 7) is 0. The molecule has 28 heavy (non-hydrogen) atoms. The number of hydrogen-bond donors (Lipinski definition) is 2. The summed E-state index contributed by atoms with van der Waals surface area (Å²) in [5, 5.41) is 3.71. The Balaban J connectivity index is 2.51. The molecule has 2 rings (SSSR count). The van der Waals surface area contributed by atoms with E-state index < -0.39 is 23.7 Å². The monoisotopic (exact) mass is 462 g/mol. The number of alkyl halides is 3. The molecule has 1 heterocycles. The topological polar surface area (TPSA) is 90.8 Å². The number of aromatic nitrogens is 1. The van der Waals surface area contributed by atoms with E-state index in [1.165, 1.54) is 43.6 Å². The average molecular weight is 463 g/mol. The van der Waals surface area contributed by atoms with Crippen LogP contribution in [-0.4, -0.2) is 37.9 Å². The van der Waals surface area contributed by atoms with E-state index in [2.05, 4.69) is 25.7 Å². The van der Waals surface area contributed by atoms with E-state index in [1.807, 2.05) is 5.32 Å². The first-order valence-corrected chi connectivity index (χ1v) is 8.50. The van der Waals surface area contributed by atoms with E-state index in [9.17, 15) is 22.8 Å². The molecule has 150 valence electrons. The Hall–Kier alpha value is -2.82. The standard InChI is InChI=1S/C17H15BrF3N3O4/c1-27-12-6-4-3-5-11(12)14(25)24-16(15(26)28-2,17(19,20)21)23-13-8-7-10(18)9-22-13/h3-9H,1-2H3,(H,22,23)(H,24,25)/p+1/t16-/m0/s1. The molecule has 0 aliphatic rings. The lowest BCUT2D eigenvalue weighted by atomic mass is 10.1. The van der Waals surface area contributed by atoms with E-state index in [-0.39, 0.29) is 17.1 Å². The van der Waals surface area contributed by atoms with Crippen LogP contribution in [0.15, 0.2) is 47.1 Å². The smallest absolute Gasteiger partial charge is 0.464 e. The highest BCUT2D eigenvalue weighted by Crippen LogP contribution is 2.33. The maximum Gasteiger partial charge on any atom is 0.464 e. The minimum atomic E-state index is -5.25. The fourth-order valence-corrected chi connectivity index (χ4v) is 2.55. The van der Waals surface area contributed by atoms with Crippen molar-refractivity contribution in [3.05, 3.63) is 52.6 Å². The van der Waals surface area contributed by atoms with Crippen molar-refractivity contribution in [1.29, 1.82) is 0 Å². The van der Waals surface area contributed by atoms with Gasteiger partial charge in [-0.05, 0) is 34.1 Å². The van der Waals surface area contributed by atoms with Crippen molar-refractivity contribution in [2.24, 2.45) is 0 Å². The third kappa shape index (κ3) is 4.35. The van der Waals surface area contributed by atoms with Crippen molar-refractivity contribution in [1.82, 2.24) is 5.32 Å². The summed E-state index contributed by atoms with van der Waals surface area (Å²) < 4.78 is 51.9. The Kier molecular flexibility index (Phi) is 6.49.